The van der Waals surface area contributed by atoms with Crippen molar-refractivity contribution in [2.24, 2.45) is 4.99 Å². The van der Waals surface area contributed by atoms with Crippen LogP contribution in [0.4, 0.5) is 0 Å². The number of likely N-dealkylation sites (N-methyl/N-ethyl adjacent to an activating group) is 1. The van der Waals surface area contributed by atoms with Crippen LogP contribution in [0, 0.1) is 11.5 Å². The molecule has 1 heterocycles. The van der Waals surface area contributed by atoms with Gasteiger partial charge < -0.3 is 9.80 Å². The normalized spacial score (nSPS) is 16.7. The lowest BCUT2D eigenvalue weighted by molar-refractivity contribution is 0.167. The number of hydrogen-bond acceptors (Lipinski definition) is 4. The van der Waals surface area contributed by atoms with Crippen LogP contribution in [0.5, 0.6) is 0 Å². The summed E-state index contributed by atoms with van der Waals surface area (Å²) in [5.41, 5.74) is 1.38. The first kappa shape index (κ1) is 18.3. The maximum Gasteiger partial charge on any atom is 0.208 e. The zero-order chi connectivity index (χ0) is 16.7. The second kappa shape index (κ2) is 9.31. The highest BCUT2D eigenvalue weighted by Gasteiger charge is 2.23. The second-order valence-electron chi connectivity index (χ2n) is 5.77. The summed E-state index contributed by atoms with van der Waals surface area (Å²) in [6.45, 7) is 3.04. The van der Waals surface area contributed by atoms with Gasteiger partial charge in [-0.1, -0.05) is 39.8 Å². The van der Waals surface area contributed by atoms with Gasteiger partial charge in [0.15, 0.2) is 5.17 Å². The average molecular weight is 395 g/mol. The van der Waals surface area contributed by atoms with Crippen LogP contribution in [0.25, 0.3) is 0 Å². The number of aliphatic imine (C=N–C) groups is 1. The van der Waals surface area contributed by atoms with Gasteiger partial charge in [0, 0.05) is 30.1 Å². The fourth-order valence-corrected chi connectivity index (χ4v) is 3.76. The fourth-order valence-electron chi connectivity index (χ4n) is 2.93. The molecule has 6 heteroatoms. The highest BCUT2D eigenvalue weighted by molar-refractivity contribution is 9.10. The largest absolute Gasteiger partial charge is 0.350 e. The second-order valence-corrected chi connectivity index (χ2v) is 7.46. The van der Waals surface area contributed by atoms with Crippen molar-refractivity contribution in [3.63, 3.8) is 0 Å². The zero-order valence-electron chi connectivity index (χ0n) is 13.7. The molecule has 0 spiro atoms. The highest BCUT2D eigenvalue weighted by Crippen LogP contribution is 2.19. The molecule has 4 nitrogen and oxygen atoms in total. The number of thioether (sulfide) groups is 1. The Kier molecular flexibility index (Phi) is 7.41. The Morgan fingerprint density at radius 3 is 2.61 bits per heavy atom. The minimum atomic E-state index is 0.617. The molecule has 0 bridgehead atoms. The van der Waals surface area contributed by atoms with E-state index in [1.54, 1.807) is 11.8 Å². The molecule has 0 unspecified atom stereocenters. The molecule has 23 heavy (non-hydrogen) atoms. The maximum atomic E-state index is 8.75. The summed E-state index contributed by atoms with van der Waals surface area (Å²) in [6, 6.07) is 9.19. The van der Waals surface area contributed by atoms with Crippen molar-refractivity contribution in [3.05, 3.63) is 34.3 Å². The smallest absolute Gasteiger partial charge is 0.208 e. The molecular formula is C17H23BrN4S. The Balaban J connectivity index is 1.79. The van der Waals surface area contributed by atoms with E-state index in [9.17, 15) is 0 Å². The van der Waals surface area contributed by atoms with E-state index in [4.69, 9.17) is 5.26 Å². The van der Waals surface area contributed by atoms with E-state index >= 15 is 0 Å². The first-order valence-corrected chi connectivity index (χ1v) is 9.86. The summed E-state index contributed by atoms with van der Waals surface area (Å²) in [4.78, 5) is 8.61. The topological polar surface area (TPSA) is 42.6 Å². The SMILES string of the molecule is CS/C(=N\C#N)N1CCC(N(C)CCc2ccc(Br)cc2)CC1. The van der Waals surface area contributed by atoms with Gasteiger partial charge in [-0.25, -0.2) is 0 Å². The van der Waals surface area contributed by atoms with Gasteiger partial charge in [-0.3, -0.25) is 0 Å². The van der Waals surface area contributed by atoms with Crippen LogP contribution in [0.2, 0.25) is 0 Å². The highest BCUT2D eigenvalue weighted by atomic mass is 79.9. The van der Waals surface area contributed by atoms with Gasteiger partial charge in [-0.05, 0) is 50.3 Å². The summed E-state index contributed by atoms with van der Waals surface area (Å²) < 4.78 is 1.13. The van der Waals surface area contributed by atoms with E-state index in [1.807, 2.05) is 12.4 Å². The molecule has 1 fully saturated rings. The summed E-state index contributed by atoms with van der Waals surface area (Å²) in [5, 5.41) is 9.60. The molecule has 124 valence electrons. The molecule has 2 rings (SSSR count). The number of benzene rings is 1. The molecule has 1 aliphatic heterocycles. The summed E-state index contributed by atoms with van der Waals surface area (Å²) in [5.74, 6) is 0. The van der Waals surface area contributed by atoms with Crippen molar-refractivity contribution in [1.29, 1.82) is 5.26 Å². The maximum absolute atomic E-state index is 8.75. The van der Waals surface area contributed by atoms with Gasteiger partial charge in [-0.2, -0.15) is 5.26 Å². The van der Waals surface area contributed by atoms with Gasteiger partial charge in [0.1, 0.15) is 0 Å². The number of hydrogen-bond donors (Lipinski definition) is 0. The van der Waals surface area contributed by atoms with E-state index in [-0.39, 0.29) is 0 Å². The van der Waals surface area contributed by atoms with E-state index < -0.39 is 0 Å². The Morgan fingerprint density at radius 2 is 2.04 bits per heavy atom. The first-order valence-electron chi connectivity index (χ1n) is 7.84. The van der Waals surface area contributed by atoms with Crippen molar-refractivity contribution < 1.29 is 0 Å². The van der Waals surface area contributed by atoms with Crippen LogP contribution in [0.1, 0.15) is 18.4 Å². The predicted molar refractivity (Wildman–Crippen MR) is 102 cm³/mol. The van der Waals surface area contributed by atoms with Crippen LogP contribution in [0.15, 0.2) is 33.7 Å². The van der Waals surface area contributed by atoms with Crippen LogP contribution in [-0.2, 0) is 6.42 Å². The third-order valence-electron chi connectivity index (χ3n) is 4.35. The van der Waals surface area contributed by atoms with Crippen molar-refractivity contribution in [2.45, 2.75) is 25.3 Å². The van der Waals surface area contributed by atoms with Crippen molar-refractivity contribution >= 4 is 32.9 Å². The van der Waals surface area contributed by atoms with Crippen molar-refractivity contribution in [2.75, 3.05) is 32.9 Å². The molecule has 0 aromatic heterocycles. The number of nitriles is 1. The van der Waals surface area contributed by atoms with Crippen molar-refractivity contribution in [3.8, 4) is 6.19 Å². The molecule has 1 aliphatic rings. The van der Waals surface area contributed by atoms with E-state index in [2.05, 4.69) is 62.0 Å². The lowest BCUT2D eigenvalue weighted by Crippen LogP contribution is -2.45. The first-order chi connectivity index (χ1) is 11.1. The molecule has 0 atom stereocenters. The molecular weight excluding hydrogens is 372 g/mol. The number of rotatable bonds is 4. The van der Waals surface area contributed by atoms with Crippen LogP contribution in [0.3, 0.4) is 0 Å². The van der Waals surface area contributed by atoms with Gasteiger partial charge in [0.05, 0.1) is 0 Å². The van der Waals surface area contributed by atoms with Crippen molar-refractivity contribution in [1.82, 2.24) is 9.80 Å². The van der Waals surface area contributed by atoms with E-state index in [1.165, 1.54) is 5.56 Å². The summed E-state index contributed by atoms with van der Waals surface area (Å²) >= 11 is 5.03. The molecule has 0 saturated carbocycles. The molecule has 0 N–H and O–H groups in total. The zero-order valence-corrected chi connectivity index (χ0v) is 16.1. The average Bonchev–Trinajstić information content (AvgIpc) is 2.59. The monoisotopic (exact) mass is 394 g/mol. The lowest BCUT2D eigenvalue weighted by Gasteiger charge is -2.37. The molecule has 0 amide bonds. The molecule has 1 aromatic rings. The quantitative estimate of drug-likeness (QED) is 0.444. The van der Waals surface area contributed by atoms with Gasteiger partial charge in [0.25, 0.3) is 0 Å². The third kappa shape index (κ3) is 5.52. The Morgan fingerprint density at radius 1 is 1.39 bits per heavy atom. The number of halogens is 1. The minimum absolute atomic E-state index is 0.617. The summed E-state index contributed by atoms with van der Waals surface area (Å²) in [6.07, 6.45) is 7.22. The van der Waals surface area contributed by atoms with Crippen LogP contribution in [-0.4, -0.2) is 53.9 Å². The van der Waals surface area contributed by atoms with Crippen LogP contribution < -0.4 is 0 Å². The number of nitrogens with zero attached hydrogens (tertiary/aromatic N) is 4. The number of piperidine rings is 1. The summed E-state index contributed by atoms with van der Waals surface area (Å²) in [7, 11) is 2.22. The van der Waals surface area contributed by atoms with E-state index in [0.29, 0.717) is 6.04 Å². The Hall–Kier alpha value is -1.03. The van der Waals surface area contributed by atoms with Crippen LogP contribution >= 0.6 is 27.7 Å². The molecule has 0 radical (unpaired) electrons. The Bertz CT molecular complexity index is 559. The predicted octanol–water partition coefficient (Wildman–Crippen LogP) is 3.59. The van der Waals surface area contributed by atoms with Gasteiger partial charge in [-0.15, -0.1) is 4.99 Å². The standard InChI is InChI=1S/C17H23BrN4S/c1-21(10-7-14-3-5-15(18)6-4-14)16-8-11-22(12-9-16)17(23-2)20-13-19/h3-6,16H,7-12H2,1-2H3/b20-17-. The minimum Gasteiger partial charge on any atom is -0.350 e. The van der Waals surface area contributed by atoms with Gasteiger partial charge in [0.2, 0.25) is 6.19 Å². The van der Waals surface area contributed by atoms with Gasteiger partial charge >= 0.3 is 0 Å². The molecule has 0 aliphatic carbocycles. The lowest BCUT2D eigenvalue weighted by atomic mass is 10.0. The molecule has 1 aromatic carbocycles. The third-order valence-corrected chi connectivity index (χ3v) is 5.60. The van der Waals surface area contributed by atoms with E-state index in [0.717, 1.165) is 48.5 Å². The molecule has 1 saturated heterocycles. The number of amidine groups is 1. The fraction of sp³-hybridized carbons (Fsp3) is 0.529. The number of likely N-dealkylation sites (tertiary alicyclic amines) is 1. The Labute approximate surface area is 151 Å².